The smallest absolute Gasteiger partial charge is 0.160 e. The Hall–Kier alpha value is -1.38. The molecule has 0 bridgehead atoms. The summed E-state index contributed by atoms with van der Waals surface area (Å²) in [5, 5.41) is 0. The van der Waals surface area contributed by atoms with Crippen LogP contribution in [0.4, 0.5) is 0 Å². The first-order valence-electron chi connectivity index (χ1n) is 4.48. The molecule has 2 rings (SSSR count). The first kappa shape index (κ1) is 8.23. The maximum absolute atomic E-state index is 4.46. The van der Waals surface area contributed by atoms with Crippen LogP contribution < -0.4 is 0 Å². The molecule has 0 radical (unpaired) electrons. The van der Waals surface area contributed by atoms with Crippen molar-refractivity contribution in [2.75, 3.05) is 0 Å². The van der Waals surface area contributed by atoms with Crippen LogP contribution in [0.15, 0.2) is 18.5 Å². The summed E-state index contributed by atoms with van der Waals surface area (Å²) in [7, 11) is 0. The van der Waals surface area contributed by atoms with E-state index in [1.165, 1.54) is 0 Å². The number of hydrogen-bond donors (Lipinski definition) is 0. The number of fused-ring (bicyclic) bond motifs is 1. The Morgan fingerprint density at radius 1 is 1.31 bits per heavy atom. The summed E-state index contributed by atoms with van der Waals surface area (Å²) in [6.45, 7) is 6.26. The van der Waals surface area contributed by atoms with Crippen molar-refractivity contribution in [3.05, 3.63) is 24.2 Å². The topological polar surface area (TPSA) is 30.7 Å². The fourth-order valence-electron chi connectivity index (χ4n) is 1.38. The summed E-state index contributed by atoms with van der Waals surface area (Å²) >= 11 is 0. The molecule has 0 aromatic carbocycles. The highest BCUT2D eigenvalue weighted by atomic mass is 15.1. The van der Waals surface area contributed by atoms with Crippen LogP contribution in [0.2, 0.25) is 0 Å². The Balaban J connectivity index is 2.71. The van der Waals surface area contributed by atoms with Crippen molar-refractivity contribution in [2.45, 2.75) is 26.8 Å². The van der Waals surface area contributed by atoms with E-state index in [1.807, 2.05) is 25.4 Å². The average molecular weight is 175 g/mol. The highest BCUT2D eigenvalue weighted by Crippen LogP contribution is 2.15. The second-order valence-corrected chi connectivity index (χ2v) is 3.54. The molecule has 2 aromatic heterocycles. The molecule has 0 aliphatic carbocycles. The molecule has 0 amide bonds. The molecule has 0 aliphatic heterocycles. The third-order valence-corrected chi connectivity index (χ3v) is 2.12. The van der Waals surface area contributed by atoms with Gasteiger partial charge in [0.1, 0.15) is 5.52 Å². The molecular formula is C10H13N3. The van der Waals surface area contributed by atoms with Crippen LogP contribution in [0.3, 0.4) is 0 Å². The molecule has 0 saturated carbocycles. The van der Waals surface area contributed by atoms with E-state index in [9.17, 15) is 0 Å². The Bertz CT molecular complexity index is 429. The van der Waals surface area contributed by atoms with Crippen LogP contribution in [0.1, 0.15) is 25.6 Å². The highest BCUT2D eigenvalue weighted by molar-refractivity contribution is 5.70. The molecule has 0 unspecified atom stereocenters. The number of nitrogens with zero attached hydrogens (tertiary/aromatic N) is 3. The first-order chi connectivity index (χ1) is 6.18. The van der Waals surface area contributed by atoms with Crippen molar-refractivity contribution >= 4 is 11.2 Å². The van der Waals surface area contributed by atoms with Crippen molar-refractivity contribution < 1.29 is 0 Å². The lowest BCUT2D eigenvalue weighted by Crippen LogP contribution is -1.99. The standard InChI is InChI=1S/C10H13N3/c1-7(2)13-6-11-9-5-4-8(3)12-10(9)13/h4-7H,1-3H3. The Labute approximate surface area is 77.4 Å². The molecule has 2 aromatic rings. The minimum atomic E-state index is 0.416. The fraction of sp³-hybridized carbons (Fsp3) is 0.400. The highest BCUT2D eigenvalue weighted by Gasteiger charge is 2.05. The number of aryl methyl sites for hydroxylation is 1. The summed E-state index contributed by atoms with van der Waals surface area (Å²) in [5.41, 5.74) is 2.99. The van der Waals surface area contributed by atoms with E-state index in [2.05, 4.69) is 28.4 Å². The van der Waals surface area contributed by atoms with Gasteiger partial charge in [-0.3, -0.25) is 0 Å². The van der Waals surface area contributed by atoms with Gasteiger partial charge >= 0.3 is 0 Å². The van der Waals surface area contributed by atoms with Crippen LogP contribution >= 0.6 is 0 Å². The van der Waals surface area contributed by atoms with Crippen molar-refractivity contribution in [3.63, 3.8) is 0 Å². The van der Waals surface area contributed by atoms with Crippen molar-refractivity contribution in [2.24, 2.45) is 0 Å². The molecule has 0 aliphatic rings. The largest absolute Gasteiger partial charge is 0.313 e. The lowest BCUT2D eigenvalue weighted by Gasteiger charge is -2.06. The van der Waals surface area contributed by atoms with E-state index in [1.54, 1.807) is 0 Å². The van der Waals surface area contributed by atoms with Crippen LogP contribution in [0.5, 0.6) is 0 Å². The Morgan fingerprint density at radius 2 is 2.08 bits per heavy atom. The van der Waals surface area contributed by atoms with Crippen molar-refractivity contribution in [1.82, 2.24) is 14.5 Å². The summed E-state index contributed by atoms with van der Waals surface area (Å²) in [6, 6.07) is 4.41. The Morgan fingerprint density at radius 3 is 2.77 bits per heavy atom. The maximum atomic E-state index is 4.46. The molecule has 2 heterocycles. The molecule has 0 spiro atoms. The van der Waals surface area contributed by atoms with E-state index >= 15 is 0 Å². The van der Waals surface area contributed by atoms with Gasteiger partial charge in [0.2, 0.25) is 0 Å². The van der Waals surface area contributed by atoms with Gasteiger partial charge in [0.25, 0.3) is 0 Å². The van der Waals surface area contributed by atoms with Gasteiger partial charge in [-0.1, -0.05) is 0 Å². The average Bonchev–Trinajstić information content (AvgIpc) is 2.46. The van der Waals surface area contributed by atoms with Crippen LogP contribution in [-0.4, -0.2) is 14.5 Å². The minimum Gasteiger partial charge on any atom is -0.313 e. The molecule has 13 heavy (non-hydrogen) atoms. The zero-order valence-electron chi connectivity index (χ0n) is 8.15. The van der Waals surface area contributed by atoms with Gasteiger partial charge in [-0.05, 0) is 32.9 Å². The van der Waals surface area contributed by atoms with Crippen LogP contribution in [0, 0.1) is 6.92 Å². The number of pyridine rings is 1. The quantitative estimate of drug-likeness (QED) is 0.666. The van der Waals surface area contributed by atoms with E-state index in [4.69, 9.17) is 0 Å². The number of hydrogen-bond acceptors (Lipinski definition) is 2. The summed E-state index contributed by atoms with van der Waals surface area (Å²) in [4.78, 5) is 8.74. The predicted octanol–water partition coefficient (Wildman–Crippen LogP) is 2.32. The molecule has 0 saturated heterocycles. The van der Waals surface area contributed by atoms with E-state index in [0.29, 0.717) is 6.04 Å². The lowest BCUT2D eigenvalue weighted by molar-refractivity contribution is 0.612. The number of aromatic nitrogens is 3. The van der Waals surface area contributed by atoms with E-state index in [-0.39, 0.29) is 0 Å². The summed E-state index contributed by atoms with van der Waals surface area (Å²) in [5.74, 6) is 0. The number of imidazole rings is 1. The second kappa shape index (κ2) is 2.83. The third kappa shape index (κ3) is 1.30. The van der Waals surface area contributed by atoms with Gasteiger partial charge in [0.15, 0.2) is 5.65 Å². The SMILES string of the molecule is Cc1ccc2ncn(C(C)C)c2n1. The summed E-state index contributed by atoms with van der Waals surface area (Å²) in [6.07, 6.45) is 1.85. The molecule has 3 nitrogen and oxygen atoms in total. The second-order valence-electron chi connectivity index (χ2n) is 3.54. The first-order valence-corrected chi connectivity index (χ1v) is 4.48. The minimum absolute atomic E-state index is 0.416. The molecular weight excluding hydrogens is 162 g/mol. The zero-order chi connectivity index (χ0) is 9.42. The molecule has 0 fully saturated rings. The van der Waals surface area contributed by atoms with E-state index < -0.39 is 0 Å². The lowest BCUT2D eigenvalue weighted by atomic mass is 10.3. The van der Waals surface area contributed by atoms with Crippen LogP contribution in [0.25, 0.3) is 11.2 Å². The van der Waals surface area contributed by atoms with E-state index in [0.717, 1.165) is 16.9 Å². The monoisotopic (exact) mass is 175 g/mol. The summed E-state index contributed by atoms with van der Waals surface area (Å²) < 4.78 is 2.09. The van der Waals surface area contributed by atoms with Gasteiger partial charge in [0.05, 0.1) is 6.33 Å². The van der Waals surface area contributed by atoms with Gasteiger partial charge in [-0.15, -0.1) is 0 Å². The molecule has 0 N–H and O–H groups in total. The van der Waals surface area contributed by atoms with Crippen molar-refractivity contribution in [3.8, 4) is 0 Å². The molecule has 3 heteroatoms. The van der Waals surface area contributed by atoms with Gasteiger partial charge in [-0.2, -0.15) is 0 Å². The predicted molar refractivity (Wildman–Crippen MR) is 52.7 cm³/mol. The molecule has 0 atom stereocenters. The van der Waals surface area contributed by atoms with Crippen LogP contribution in [-0.2, 0) is 0 Å². The number of rotatable bonds is 1. The molecule has 68 valence electrons. The maximum Gasteiger partial charge on any atom is 0.160 e. The third-order valence-electron chi connectivity index (χ3n) is 2.12. The normalized spacial score (nSPS) is 11.4. The van der Waals surface area contributed by atoms with Crippen molar-refractivity contribution in [1.29, 1.82) is 0 Å². The van der Waals surface area contributed by atoms with Gasteiger partial charge < -0.3 is 4.57 Å². The Kier molecular flexibility index (Phi) is 1.79. The fourth-order valence-corrected chi connectivity index (χ4v) is 1.38. The zero-order valence-corrected chi connectivity index (χ0v) is 8.15. The van der Waals surface area contributed by atoms with Gasteiger partial charge in [-0.25, -0.2) is 9.97 Å². The van der Waals surface area contributed by atoms with Gasteiger partial charge in [0, 0.05) is 11.7 Å².